The first-order chi connectivity index (χ1) is 14.5. The Morgan fingerprint density at radius 1 is 0.967 bits per heavy atom. The summed E-state index contributed by atoms with van der Waals surface area (Å²) >= 11 is 0. The van der Waals surface area contributed by atoms with Crippen molar-refractivity contribution >= 4 is 17.8 Å². The summed E-state index contributed by atoms with van der Waals surface area (Å²) in [5, 5.41) is 0. The Morgan fingerprint density at radius 2 is 1.67 bits per heavy atom. The average Bonchev–Trinajstić information content (AvgIpc) is 2.77. The average molecular weight is 416 g/mol. The molecule has 0 unspecified atom stereocenters. The lowest BCUT2D eigenvalue weighted by Crippen LogP contribution is -2.40. The van der Waals surface area contributed by atoms with Gasteiger partial charge in [0.15, 0.2) is 11.5 Å². The van der Waals surface area contributed by atoms with Crippen LogP contribution in [-0.2, 0) is 25.7 Å². The first-order valence-electron chi connectivity index (χ1n) is 9.19. The molecule has 30 heavy (non-hydrogen) atoms. The van der Waals surface area contributed by atoms with Gasteiger partial charge in [-0.2, -0.15) is 0 Å². The second kappa shape index (κ2) is 11.4. The molecule has 0 aliphatic heterocycles. The van der Waals surface area contributed by atoms with Gasteiger partial charge in [-0.15, -0.1) is 0 Å². The Kier molecular flexibility index (Phi) is 8.61. The highest BCUT2D eigenvalue weighted by Gasteiger charge is 2.23. The van der Waals surface area contributed by atoms with E-state index >= 15 is 0 Å². The molecule has 1 aromatic carbocycles. The molecule has 0 saturated heterocycles. The minimum Gasteiger partial charge on any atom is -0.490 e. The molecule has 0 fully saturated rings. The number of aromatic nitrogens is 1. The second-order valence-corrected chi connectivity index (χ2v) is 6.06. The topological polar surface area (TPSA) is 104 Å². The molecule has 1 aromatic heterocycles. The van der Waals surface area contributed by atoms with Crippen molar-refractivity contribution in [2.75, 3.05) is 33.9 Å². The lowest BCUT2D eigenvalue weighted by molar-refractivity contribution is -0.144. The van der Waals surface area contributed by atoms with E-state index in [4.69, 9.17) is 9.47 Å². The van der Waals surface area contributed by atoms with Crippen molar-refractivity contribution in [2.24, 2.45) is 0 Å². The normalized spacial score (nSPS) is 10.1. The summed E-state index contributed by atoms with van der Waals surface area (Å²) in [4.78, 5) is 41.3. The number of amides is 1. The number of rotatable bonds is 10. The maximum Gasteiger partial charge on any atom is 0.325 e. The Balaban J connectivity index is 2.23. The summed E-state index contributed by atoms with van der Waals surface area (Å²) in [5.74, 6) is -1.05. The smallest absolute Gasteiger partial charge is 0.325 e. The van der Waals surface area contributed by atoms with Crippen LogP contribution in [0.4, 0.5) is 0 Å². The summed E-state index contributed by atoms with van der Waals surface area (Å²) in [6.45, 7) is 1.65. The summed E-state index contributed by atoms with van der Waals surface area (Å²) in [6.07, 6.45) is 3.36. The van der Waals surface area contributed by atoms with Crippen LogP contribution < -0.4 is 9.47 Å². The Hall–Kier alpha value is -3.62. The number of carbonyl (C=O) groups excluding carboxylic acids is 3. The van der Waals surface area contributed by atoms with Crippen LogP contribution in [-0.4, -0.2) is 61.6 Å². The summed E-state index contributed by atoms with van der Waals surface area (Å²) in [5.41, 5.74) is 1.10. The molecule has 1 heterocycles. The molecule has 2 rings (SSSR count). The van der Waals surface area contributed by atoms with Crippen LogP contribution in [0.15, 0.2) is 42.7 Å². The first kappa shape index (κ1) is 22.7. The van der Waals surface area contributed by atoms with Gasteiger partial charge in [-0.25, -0.2) is 0 Å². The summed E-state index contributed by atoms with van der Waals surface area (Å²) in [7, 11) is 2.40. The Bertz CT molecular complexity index is 853. The van der Waals surface area contributed by atoms with Gasteiger partial charge in [-0.05, 0) is 31.2 Å². The molecular formula is C21H24N2O7. The fourth-order valence-electron chi connectivity index (χ4n) is 2.50. The molecule has 9 nitrogen and oxygen atoms in total. The van der Waals surface area contributed by atoms with Gasteiger partial charge in [0.05, 0.1) is 20.8 Å². The number of ether oxygens (including phenoxy) is 4. The molecule has 0 atom stereocenters. The van der Waals surface area contributed by atoms with Crippen molar-refractivity contribution in [3.8, 4) is 11.5 Å². The zero-order valence-electron chi connectivity index (χ0n) is 17.1. The molecule has 0 aliphatic carbocycles. The fraction of sp³-hybridized carbons (Fsp3) is 0.333. The third kappa shape index (κ3) is 6.47. The van der Waals surface area contributed by atoms with E-state index in [1.165, 1.54) is 26.4 Å². The number of hydrogen-bond donors (Lipinski definition) is 0. The summed E-state index contributed by atoms with van der Waals surface area (Å²) < 4.78 is 20.6. The van der Waals surface area contributed by atoms with Gasteiger partial charge in [0.2, 0.25) is 0 Å². The predicted molar refractivity (Wildman–Crippen MR) is 106 cm³/mol. The number of pyridine rings is 1. The number of carbonyl (C=O) groups is 3. The van der Waals surface area contributed by atoms with Crippen molar-refractivity contribution in [2.45, 2.75) is 13.5 Å². The quantitative estimate of drug-likeness (QED) is 0.541. The van der Waals surface area contributed by atoms with E-state index in [0.717, 1.165) is 10.5 Å². The molecule has 2 aromatic rings. The monoisotopic (exact) mass is 416 g/mol. The van der Waals surface area contributed by atoms with E-state index in [1.54, 1.807) is 31.5 Å². The predicted octanol–water partition coefficient (Wildman–Crippen LogP) is 1.85. The number of benzene rings is 1. The number of nitrogens with zero attached hydrogens (tertiary/aromatic N) is 2. The van der Waals surface area contributed by atoms with Gasteiger partial charge in [0.1, 0.15) is 19.7 Å². The first-order valence-corrected chi connectivity index (χ1v) is 9.19. The van der Waals surface area contributed by atoms with E-state index in [9.17, 15) is 14.4 Å². The number of methoxy groups -OCH3 is 2. The minimum atomic E-state index is -0.659. The van der Waals surface area contributed by atoms with Crippen LogP contribution in [0.1, 0.15) is 22.8 Å². The van der Waals surface area contributed by atoms with Gasteiger partial charge in [-0.3, -0.25) is 19.4 Å². The van der Waals surface area contributed by atoms with E-state index in [2.05, 4.69) is 14.5 Å². The zero-order valence-corrected chi connectivity index (χ0v) is 17.1. The Morgan fingerprint density at radius 3 is 2.23 bits per heavy atom. The van der Waals surface area contributed by atoms with Crippen LogP contribution in [0.3, 0.4) is 0 Å². The Labute approximate surface area is 174 Å². The van der Waals surface area contributed by atoms with Crippen LogP contribution in [0.5, 0.6) is 11.5 Å². The van der Waals surface area contributed by atoms with Gasteiger partial charge in [0.25, 0.3) is 5.91 Å². The fourth-order valence-corrected chi connectivity index (χ4v) is 2.50. The highest BCUT2D eigenvalue weighted by molar-refractivity contribution is 5.98. The molecule has 0 N–H and O–H groups in total. The largest absolute Gasteiger partial charge is 0.490 e. The molecule has 9 heteroatoms. The molecule has 0 spiro atoms. The third-order valence-corrected chi connectivity index (χ3v) is 3.99. The molecular weight excluding hydrogens is 392 g/mol. The number of hydrogen-bond acceptors (Lipinski definition) is 8. The molecule has 0 radical (unpaired) electrons. The van der Waals surface area contributed by atoms with Gasteiger partial charge in [-0.1, -0.05) is 6.07 Å². The lowest BCUT2D eigenvalue weighted by atomic mass is 10.1. The molecule has 0 aliphatic rings. The highest BCUT2D eigenvalue weighted by Crippen LogP contribution is 2.30. The molecule has 160 valence electrons. The SMILES string of the molecule is CCOc1cc(C(=O)N(CC(=O)OC)CC(=O)OC)ccc1OCc1cccnc1. The number of esters is 2. The van der Waals surface area contributed by atoms with Crippen molar-refractivity contribution < 1.29 is 33.3 Å². The maximum absolute atomic E-state index is 12.9. The molecule has 1 amide bonds. The lowest BCUT2D eigenvalue weighted by Gasteiger charge is -2.21. The summed E-state index contributed by atoms with van der Waals surface area (Å²) in [6, 6.07) is 8.32. The second-order valence-electron chi connectivity index (χ2n) is 6.06. The van der Waals surface area contributed by atoms with Gasteiger partial charge in [0, 0.05) is 23.5 Å². The molecule has 0 bridgehead atoms. The van der Waals surface area contributed by atoms with Gasteiger partial charge >= 0.3 is 11.9 Å². The molecule has 0 saturated carbocycles. The van der Waals surface area contributed by atoms with Crippen LogP contribution in [0.2, 0.25) is 0 Å². The van der Waals surface area contributed by atoms with Crippen LogP contribution >= 0.6 is 0 Å². The minimum absolute atomic E-state index is 0.222. The highest BCUT2D eigenvalue weighted by atomic mass is 16.5. The standard InChI is InChI=1S/C21H24N2O7/c1-4-29-18-10-16(7-8-17(18)30-14-15-6-5-9-22-11-15)21(26)23(12-19(24)27-2)13-20(25)28-3/h5-11H,4,12-14H2,1-3H3. The van der Waals surface area contributed by atoms with Crippen LogP contribution in [0.25, 0.3) is 0 Å². The maximum atomic E-state index is 12.9. The van der Waals surface area contributed by atoms with E-state index in [0.29, 0.717) is 18.1 Å². The third-order valence-electron chi connectivity index (χ3n) is 3.99. The van der Waals surface area contributed by atoms with Crippen molar-refractivity contribution in [1.29, 1.82) is 0 Å². The zero-order chi connectivity index (χ0) is 21.9. The van der Waals surface area contributed by atoms with E-state index in [1.807, 2.05) is 6.07 Å². The van der Waals surface area contributed by atoms with Crippen molar-refractivity contribution in [3.05, 3.63) is 53.9 Å². The van der Waals surface area contributed by atoms with E-state index < -0.39 is 30.9 Å². The van der Waals surface area contributed by atoms with Crippen LogP contribution in [0, 0.1) is 0 Å². The van der Waals surface area contributed by atoms with Gasteiger partial charge < -0.3 is 23.8 Å². The van der Waals surface area contributed by atoms with Crippen molar-refractivity contribution in [1.82, 2.24) is 9.88 Å². The van der Waals surface area contributed by atoms with Crippen molar-refractivity contribution in [3.63, 3.8) is 0 Å². The van der Waals surface area contributed by atoms with E-state index in [-0.39, 0.29) is 12.2 Å².